The molecular weight excluding hydrogens is 336 g/mol. The average molecular weight is 354 g/mol. The second-order valence-corrected chi connectivity index (χ2v) is 6.03. The molecule has 0 amide bonds. The van der Waals surface area contributed by atoms with Gasteiger partial charge in [-0.1, -0.05) is 0 Å². The standard InChI is InChI=1S/C15H18N2O4S2/c1-3-20-14(19)12-11(9(2)16-15(22)17-12)13(18)21-6-4-10-5-7-23-8-10/h5,7-8,12H,3-4,6H2,1-2H3,(H2,16,17,22). The second kappa shape index (κ2) is 8.07. The van der Waals surface area contributed by atoms with Gasteiger partial charge in [-0.2, -0.15) is 11.3 Å². The van der Waals surface area contributed by atoms with Crippen LogP contribution in [0.1, 0.15) is 19.4 Å². The first-order valence-electron chi connectivity index (χ1n) is 7.16. The van der Waals surface area contributed by atoms with Gasteiger partial charge in [0.05, 0.1) is 18.8 Å². The number of thiophene rings is 1. The van der Waals surface area contributed by atoms with Crippen LogP contribution in [0.4, 0.5) is 0 Å². The van der Waals surface area contributed by atoms with Gasteiger partial charge in [0, 0.05) is 12.1 Å². The summed E-state index contributed by atoms with van der Waals surface area (Å²) in [7, 11) is 0. The van der Waals surface area contributed by atoms with E-state index in [2.05, 4.69) is 10.6 Å². The molecule has 1 aromatic rings. The van der Waals surface area contributed by atoms with Gasteiger partial charge in [-0.15, -0.1) is 0 Å². The van der Waals surface area contributed by atoms with Crippen molar-refractivity contribution >= 4 is 40.6 Å². The van der Waals surface area contributed by atoms with Crippen LogP contribution in [-0.4, -0.2) is 36.3 Å². The Kier molecular flexibility index (Phi) is 6.12. The lowest BCUT2D eigenvalue weighted by atomic mass is 10.0. The Morgan fingerprint density at radius 2 is 2.17 bits per heavy atom. The van der Waals surface area contributed by atoms with Gasteiger partial charge in [0.15, 0.2) is 11.2 Å². The van der Waals surface area contributed by atoms with Crippen molar-refractivity contribution in [2.24, 2.45) is 0 Å². The number of carbonyl (C=O) groups excluding carboxylic acids is 2. The van der Waals surface area contributed by atoms with Crippen LogP contribution < -0.4 is 10.6 Å². The number of hydrogen-bond donors (Lipinski definition) is 2. The summed E-state index contributed by atoms with van der Waals surface area (Å²) >= 11 is 6.62. The van der Waals surface area contributed by atoms with Crippen molar-refractivity contribution in [2.75, 3.05) is 13.2 Å². The molecule has 0 radical (unpaired) electrons. The maximum absolute atomic E-state index is 12.4. The average Bonchev–Trinajstić information content (AvgIpc) is 2.99. The summed E-state index contributed by atoms with van der Waals surface area (Å²) in [6.07, 6.45) is 0.630. The molecule has 2 rings (SSSR count). The molecule has 1 aromatic heterocycles. The molecule has 2 heterocycles. The number of nitrogens with one attached hydrogen (secondary N) is 2. The third-order valence-electron chi connectivity index (χ3n) is 3.22. The van der Waals surface area contributed by atoms with Crippen LogP contribution in [0.3, 0.4) is 0 Å². The lowest BCUT2D eigenvalue weighted by Gasteiger charge is -2.27. The van der Waals surface area contributed by atoms with Crippen molar-refractivity contribution in [3.8, 4) is 0 Å². The van der Waals surface area contributed by atoms with Crippen molar-refractivity contribution in [3.63, 3.8) is 0 Å². The highest BCUT2D eigenvalue weighted by atomic mass is 32.1. The fraction of sp³-hybridized carbons (Fsp3) is 0.400. The first kappa shape index (κ1) is 17.4. The van der Waals surface area contributed by atoms with Gasteiger partial charge in [0.2, 0.25) is 0 Å². The van der Waals surface area contributed by atoms with Crippen molar-refractivity contribution in [2.45, 2.75) is 26.3 Å². The summed E-state index contributed by atoms with van der Waals surface area (Å²) in [5, 5.41) is 9.83. The number of esters is 2. The maximum atomic E-state index is 12.4. The van der Waals surface area contributed by atoms with Gasteiger partial charge in [-0.25, -0.2) is 9.59 Å². The molecule has 2 N–H and O–H groups in total. The number of thiocarbonyl (C=S) groups is 1. The van der Waals surface area contributed by atoms with E-state index in [4.69, 9.17) is 21.7 Å². The van der Waals surface area contributed by atoms with Crippen LogP contribution in [0, 0.1) is 0 Å². The van der Waals surface area contributed by atoms with E-state index in [-0.39, 0.29) is 23.9 Å². The summed E-state index contributed by atoms with van der Waals surface area (Å²) in [4.78, 5) is 24.4. The fourth-order valence-electron chi connectivity index (χ4n) is 2.14. The van der Waals surface area contributed by atoms with E-state index in [9.17, 15) is 9.59 Å². The molecule has 0 spiro atoms. The molecule has 6 nitrogen and oxygen atoms in total. The summed E-state index contributed by atoms with van der Waals surface area (Å²) < 4.78 is 10.3. The lowest BCUT2D eigenvalue weighted by molar-refractivity contribution is -0.148. The highest BCUT2D eigenvalue weighted by molar-refractivity contribution is 7.80. The molecule has 1 unspecified atom stereocenters. The van der Waals surface area contributed by atoms with Crippen molar-refractivity contribution < 1.29 is 19.1 Å². The van der Waals surface area contributed by atoms with Crippen LogP contribution in [0.2, 0.25) is 0 Å². The van der Waals surface area contributed by atoms with E-state index < -0.39 is 18.0 Å². The fourth-order valence-corrected chi connectivity index (χ4v) is 3.12. The van der Waals surface area contributed by atoms with E-state index in [0.717, 1.165) is 5.56 Å². The number of hydrogen-bond acceptors (Lipinski definition) is 6. The molecular formula is C15H18N2O4S2. The Morgan fingerprint density at radius 3 is 2.83 bits per heavy atom. The van der Waals surface area contributed by atoms with E-state index in [1.165, 1.54) is 0 Å². The number of allylic oxidation sites excluding steroid dienone is 1. The van der Waals surface area contributed by atoms with Gasteiger partial charge in [0.25, 0.3) is 0 Å². The zero-order valence-electron chi connectivity index (χ0n) is 12.9. The van der Waals surface area contributed by atoms with Gasteiger partial charge in [-0.3, -0.25) is 0 Å². The van der Waals surface area contributed by atoms with Crippen LogP contribution >= 0.6 is 23.6 Å². The van der Waals surface area contributed by atoms with Crippen molar-refractivity contribution in [3.05, 3.63) is 33.7 Å². The Hall–Kier alpha value is -1.93. The molecule has 1 aliphatic heterocycles. The Morgan fingerprint density at radius 1 is 1.39 bits per heavy atom. The predicted molar refractivity (Wildman–Crippen MR) is 91.0 cm³/mol. The van der Waals surface area contributed by atoms with E-state index in [1.54, 1.807) is 25.2 Å². The normalized spacial score (nSPS) is 17.3. The third kappa shape index (κ3) is 4.52. The molecule has 0 aromatic carbocycles. The zero-order chi connectivity index (χ0) is 16.8. The summed E-state index contributed by atoms with van der Waals surface area (Å²) in [6.45, 7) is 3.84. The molecule has 0 aliphatic carbocycles. The smallest absolute Gasteiger partial charge is 0.338 e. The topological polar surface area (TPSA) is 76.7 Å². The van der Waals surface area contributed by atoms with Crippen molar-refractivity contribution in [1.29, 1.82) is 0 Å². The molecule has 1 aliphatic rings. The molecule has 0 fully saturated rings. The summed E-state index contributed by atoms with van der Waals surface area (Å²) in [5.74, 6) is -1.11. The SMILES string of the molecule is CCOC(=O)C1NC(=S)NC(C)=C1C(=O)OCCc1ccsc1. The van der Waals surface area contributed by atoms with Gasteiger partial charge >= 0.3 is 11.9 Å². The van der Waals surface area contributed by atoms with Crippen LogP contribution in [0.25, 0.3) is 0 Å². The Balaban J connectivity index is 2.05. The lowest BCUT2D eigenvalue weighted by Crippen LogP contribution is -2.53. The summed E-state index contributed by atoms with van der Waals surface area (Å²) in [5.41, 5.74) is 1.80. The quantitative estimate of drug-likeness (QED) is 0.592. The molecule has 8 heteroatoms. The minimum absolute atomic E-state index is 0.197. The number of ether oxygens (including phenoxy) is 2. The minimum Gasteiger partial charge on any atom is -0.464 e. The highest BCUT2D eigenvalue weighted by Crippen LogP contribution is 2.16. The summed E-state index contributed by atoms with van der Waals surface area (Å²) in [6, 6.07) is 1.03. The first-order chi connectivity index (χ1) is 11.0. The van der Waals surface area contributed by atoms with Crippen LogP contribution in [-0.2, 0) is 25.5 Å². The van der Waals surface area contributed by atoms with E-state index >= 15 is 0 Å². The van der Waals surface area contributed by atoms with Crippen molar-refractivity contribution in [1.82, 2.24) is 10.6 Å². The van der Waals surface area contributed by atoms with E-state index in [0.29, 0.717) is 12.1 Å². The molecule has 23 heavy (non-hydrogen) atoms. The zero-order valence-corrected chi connectivity index (χ0v) is 14.5. The second-order valence-electron chi connectivity index (χ2n) is 4.84. The monoisotopic (exact) mass is 354 g/mol. The number of carbonyl (C=O) groups is 2. The van der Waals surface area contributed by atoms with Gasteiger partial charge in [-0.05, 0) is 48.5 Å². The molecule has 0 saturated heterocycles. The number of rotatable bonds is 6. The van der Waals surface area contributed by atoms with Gasteiger partial charge < -0.3 is 20.1 Å². The van der Waals surface area contributed by atoms with Crippen LogP contribution in [0.15, 0.2) is 28.1 Å². The first-order valence-corrected chi connectivity index (χ1v) is 8.51. The highest BCUT2D eigenvalue weighted by Gasteiger charge is 2.35. The predicted octanol–water partition coefficient (Wildman–Crippen LogP) is 1.52. The Labute approximate surface area is 143 Å². The van der Waals surface area contributed by atoms with E-state index in [1.807, 2.05) is 16.8 Å². The molecule has 1 atom stereocenters. The van der Waals surface area contributed by atoms with Gasteiger partial charge in [0.1, 0.15) is 0 Å². The molecule has 0 saturated carbocycles. The molecule has 124 valence electrons. The largest absolute Gasteiger partial charge is 0.464 e. The third-order valence-corrected chi connectivity index (χ3v) is 4.17. The molecule has 0 bridgehead atoms. The Bertz CT molecular complexity index is 625. The minimum atomic E-state index is -0.947. The maximum Gasteiger partial charge on any atom is 0.338 e. The van der Waals surface area contributed by atoms with Crippen LogP contribution in [0.5, 0.6) is 0 Å².